The number of hydrogen-bond donors (Lipinski definition) is 0. The van der Waals surface area contributed by atoms with Crippen LogP contribution in [0.2, 0.25) is 0 Å². The molecule has 0 saturated heterocycles. The third kappa shape index (κ3) is 3.03. The summed E-state index contributed by atoms with van der Waals surface area (Å²) < 4.78 is 13.6. The van der Waals surface area contributed by atoms with Crippen molar-refractivity contribution in [3.63, 3.8) is 0 Å². The van der Waals surface area contributed by atoms with Crippen LogP contribution in [0.15, 0.2) is 59.6 Å². The van der Waals surface area contributed by atoms with Gasteiger partial charge in [-0.3, -0.25) is 30.3 Å². The van der Waals surface area contributed by atoms with Crippen molar-refractivity contribution in [3.05, 3.63) is 102 Å². The van der Waals surface area contributed by atoms with Gasteiger partial charge in [0.2, 0.25) is 0 Å². The van der Waals surface area contributed by atoms with Crippen LogP contribution < -0.4 is 0 Å². The summed E-state index contributed by atoms with van der Waals surface area (Å²) in [5, 5.41) is 34.1. The first-order valence-electron chi connectivity index (χ1n) is 8.37. The highest BCUT2D eigenvalue weighted by Gasteiger charge is 2.35. The molecule has 4 rings (SSSR count). The quantitative estimate of drug-likeness (QED) is 0.354. The Morgan fingerprint density at radius 3 is 2.07 bits per heavy atom. The molecule has 0 N–H and O–H groups in total. The summed E-state index contributed by atoms with van der Waals surface area (Å²) in [6.45, 7) is 0. The summed E-state index contributed by atoms with van der Waals surface area (Å²) in [5.74, 6) is -0.584. The van der Waals surface area contributed by atoms with E-state index in [2.05, 4.69) is 4.99 Å². The lowest BCUT2D eigenvalue weighted by atomic mass is 10.0. The topological polar surface area (TPSA) is 142 Å². The van der Waals surface area contributed by atoms with Crippen molar-refractivity contribution in [2.24, 2.45) is 4.99 Å². The second-order valence-corrected chi connectivity index (χ2v) is 6.33. The van der Waals surface area contributed by atoms with E-state index in [1.807, 2.05) is 0 Å². The number of nitro groups is 3. The number of non-ortho nitro benzene ring substituents is 2. The summed E-state index contributed by atoms with van der Waals surface area (Å²) in [7, 11) is 0. The van der Waals surface area contributed by atoms with E-state index in [1.165, 1.54) is 36.4 Å². The van der Waals surface area contributed by atoms with Gasteiger partial charge in [-0.25, -0.2) is 9.38 Å². The van der Waals surface area contributed by atoms with Crippen LogP contribution in [-0.4, -0.2) is 20.5 Å². The smallest absolute Gasteiger partial charge is 0.258 e. The Morgan fingerprint density at radius 1 is 0.733 bits per heavy atom. The largest absolute Gasteiger partial charge is 0.284 e. The van der Waals surface area contributed by atoms with Gasteiger partial charge in [-0.05, 0) is 29.8 Å². The Balaban J connectivity index is 2.09. The summed E-state index contributed by atoms with van der Waals surface area (Å²) >= 11 is 0. The van der Waals surface area contributed by atoms with Gasteiger partial charge >= 0.3 is 0 Å². The van der Waals surface area contributed by atoms with Crippen molar-refractivity contribution >= 4 is 28.5 Å². The van der Waals surface area contributed by atoms with Crippen molar-refractivity contribution < 1.29 is 19.2 Å². The van der Waals surface area contributed by atoms with Crippen LogP contribution in [0.3, 0.4) is 0 Å². The molecular weight excluding hydrogens is 399 g/mol. The SMILES string of the molecule is O=[N+]([O-])c1ccc2c(c1)C(=Nc1cccc(F)c1)c1cc([N+](=O)[O-])cc([N+](=O)[O-])c1-2. The molecule has 0 unspecified atom stereocenters. The average Bonchev–Trinajstić information content (AvgIpc) is 3.00. The van der Waals surface area contributed by atoms with Gasteiger partial charge in [-0.1, -0.05) is 6.07 Å². The van der Waals surface area contributed by atoms with Gasteiger partial charge in [0.25, 0.3) is 17.1 Å². The van der Waals surface area contributed by atoms with Gasteiger partial charge in [0.05, 0.1) is 37.8 Å². The van der Waals surface area contributed by atoms with E-state index >= 15 is 0 Å². The summed E-state index contributed by atoms with van der Waals surface area (Å²) in [6, 6.07) is 10.8. The molecule has 148 valence electrons. The highest BCUT2D eigenvalue weighted by atomic mass is 19.1. The van der Waals surface area contributed by atoms with Gasteiger partial charge in [0.1, 0.15) is 5.82 Å². The molecule has 1 aliphatic carbocycles. The van der Waals surface area contributed by atoms with Crippen molar-refractivity contribution in [2.45, 2.75) is 0 Å². The van der Waals surface area contributed by atoms with Crippen LogP contribution in [0.25, 0.3) is 11.1 Å². The molecule has 0 aromatic heterocycles. The first kappa shape index (κ1) is 18.8. The molecule has 3 aromatic rings. The number of hydrogen-bond acceptors (Lipinski definition) is 7. The fourth-order valence-corrected chi connectivity index (χ4v) is 3.33. The van der Waals surface area contributed by atoms with E-state index in [0.717, 1.165) is 18.2 Å². The van der Waals surface area contributed by atoms with Gasteiger partial charge < -0.3 is 0 Å². The van der Waals surface area contributed by atoms with E-state index in [9.17, 15) is 34.7 Å². The number of nitrogens with zero attached hydrogens (tertiary/aromatic N) is 4. The summed E-state index contributed by atoms with van der Waals surface area (Å²) in [6.07, 6.45) is 0. The van der Waals surface area contributed by atoms with Gasteiger partial charge in [-0.15, -0.1) is 0 Å². The molecule has 0 radical (unpaired) electrons. The Hall–Kier alpha value is -4.54. The standard InChI is InChI=1S/C19H9FN4O6/c20-10-2-1-3-11(6-10)21-19-15-7-12(22(25)26)4-5-14(15)18-16(19)8-13(23(27)28)9-17(18)24(29)30/h1-9H. The molecule has 30 heavy (non-hydrogen) atoms. The highest BCUT2D eigenvalue weighted by Crippen LogP contribution is 2.46. The molecule has 3 aromatic carbocycles. The predicted octanol–water partition coefficient (Wildman–Crippen LogP) is 4.70. The first-order valence-corrected chi connectivity index (χ1v) is 8.37. The van der Waals surface area contributed by atoms with Crippen LogP contribution in [-0.2, 0) is 0 Å². The Bertz CT molecular complexity index is 1300. The maximum absolute atomic E-state index is 13.6. The minimum atomic E-state index is -0.779. The Morgan fingerprint density at radius 2 is 1.43 bits per heavy atom. The lowest BCUT2D eigenvalue weighted by molar-refractivity contribution is -0.393. The van der Waals surface area contributed by atoms with Gasteiger partial charge in [0, 0.05) is 29.3 Å². The monoisotopic (exact) mass is 408 g/mol. The van der Waals surface area contributed by atoms with Crippen molar-refractivity contribution in [1.29, 1.82) is 0 Å². The fraction of sp³-hybridized carbons (Fsp3) is 0. The number of nitro benzene ring substituents is 3. The van der Waals surface area contributed by atoms with Crippen molar-refractivity contribution in [3.8, 4) is 11.1 Å². The van der Waals surface area contributed by atoms with E-state index in [0.29, 0.717) is 0 Å². The fourth-order valence-electron chi connectivity index (χ4n) is 3.33. The van der Waals surface area contributed by atoms with E-state index in [1.54, 1.807) is 0 Å². The molecule has 10 nitrogen and oxygen atoms in total. The molecule has 0 spiro atoms. The molecular formula is C19H9FN4O6. The number of aliphatic imine (C=N–C) groups is 1. The van der Waals surface area contributed by atoms with Crippen molar-refractivity contribution in [1.82, 2.24) is 0 Å². The maximum atomic E-state index is 13.6. The molecule has 0 bridgehead atoms. The average molecular weight is 408 g/mol. The normalized spacial score (nSPS) is 13.0. The van der Waals surface area contributed by atoms with E-state index in [-0.39, 0.29) is 39.3 Å². The maximum Gasteiger partial charge on any atom is 0.284 e. The summed E-state index contributed by atoms with van der Waals surface area (Å²) in [4.78, 5) is 36.3. The molecule has 0 fully saturated rings. The van der Waals surface area contributed by atoms with Crippen LogP contribution in [0.4, 0.5) is 27.1 Å². The third-order valence-corrected chi connectivity index (χ3v) is 4.55. The summed E-state index contributed by atoms with van der Waals surface area (Å²) in [5.41, 5.74) is -0.578. The second kappa shape index (κ2) is 6.81. The van der Waals surface area contributed by atoms with Crippen LogP contribution >= 0.6 is 0 Å². The van der Waals surface area contributed by atoms with Crippen LogP contribution in [0, 0.1) is 36.2 Å². The molecule has 0 heterocycles. The third-order valence-electron chi connectivity index (χ3n) is 4.55. The van der Waals surface area contributed by atoms with Crippen molar-refractivity contribution in [2.75, 3.05) is 0 Å². The molecule has 1 aliphatic rings. The molecule has 0 aliphatic heterocycles. The number of benzene rings is 3. The van der Waals surface area contributed by atoms with Gasteiger partial charge in [-0.2, -0.15) is 0 Å². The first-order chi connectivity index (χ1) is 14.3. The van der Waals surface area contributed by atoms with E-state index < -0.39 is 32.0 Å². The zero-order valence-electron chi connectivity index (χ0n) is 14.8. The van der Waals surface area contributed by atoms with E-state index in [4.69, 9.17) is 0 Å². The van der Waals surface area contributed by atoms with Gasteiger partial charge in [0.15, 0.2) is 0 Å². The lowest BCUT2D eigenvalue weighted by Gasteiger charge is -2.03. The second-order valence-electron chi connectivity index (χ2n) is 6.33. The number of fused-ring (bicyclic) bond motifs is 3. The predicted molar refractivity (Wildman–Crippen MR) is 104 cm³/mol. The van der Waals surface area contributed by atoms with Crippen LogP contribution in [0.1, 0.15) is 11.1 Å². The molecule has 0 amide bonds. The molecule has 0 atom stereocenters. The zero-order chi connectivity index (χ0) is 21.6. The number of rotatable bonds is 4. The van der Waals surface area contributed by atoms with Crippen LogP contribution in [0.5, 0.6) is 0 Å². The molecule has 0 saturated carbocycles. The minimum Gasteiger partial charge on any atom is -0.258 e. The Kier molecular flexibility index (Phi) is 4.27. The Labute approximate surface area is 166 Å². The lowest BCUT2D eigenvalue weighted by Crippen LogP contribution is -2.01. The zero-order valence-corrected chi connectivity index (χ0v) is 14.8. The highest BCUT2D eigenvalue weighted by molar-refractivity contribution is 6.27. The minimum absolute atomic E-state index is 0.0427. The molecule has 11 heteroatoms. The number of halogens is 1.